The smallest absolute Gasteiger partial charge is 0.256 e. The van der Waals surface area contributed by atoms with E-state index in [-0.39, 0.29) is 11.8 Å². The Morgan fingerprint density at radius 2 is 1.69 bits per heavy atom. The Hall–Kier alpha value is -2.41. The normalized spacial score (nSPS) is 23.3. The van der Waals surface area contributed by atoms with Crippen LogP contribution in [0.5, 0.6) is 0 Å². The molecule has 2 atom stereocenters. The van der Waals surface area contributed by atoms with Crippen molar-refractivity contribution in [1.29, 1.82) is 0 Å². The molecule has 0 spiro atoms. The number of morpholine rings is 1. The maximum Gasteiger partial charge on any atom is 0.256 e. The van der Waals surface area contributed by atoms with E-state index in [1.54, 1.807) is 29.2 Å². The molecule has 1 heterocycles. The molecule has 2 fully saturated rings. The third-order valence-corrected chi connectivity index (χ3v) is 5.12. The first kappa shape index (κ1) is 18.4. The first-order valence-corrected chi connectivity index (χ1v) is 9.05. The van der Waals surface area contributed by atoms with Crippen molar-refractivity contribution >= 4 is 23.5 Å². The van der Waals surface area contributed by atoms with Gasteiger partial charge in [0.1, 0.15) is 0 Å². The molecule has 0 bridgehead atoms. The van der Waals surface area contributed by atoms with Gasteiger partial charge >= 0.3 is 0 Å². The SMILES string of the molecule is O=C(Nc1ccccc1C(=O)N1CCOCC1)[C@H]1CCCC[C@H]1C(=O)[O-]. The average Bonchev–Trinajstić information content (AvgIpc) is 2.68. The third kappa shape index (κ3) is 4.04. The van der Waals surface area contributed by atoms with Gasteiger partial charge in [0.2, 0.25) is 5.91 Å². The van der Waals surface area contributed by atoms with Crippen LogP contribution in [0.4, 0.5) is 5.69 Å². The molecule has 0 unspecified atom stereocenters. The molecule has 1 saturated carbocycles. The zero-order valence-electron chi connectivity index (χ0n) is 14.6. The monoisotopic (exact) mass is 359 g/mol. The molecule has 0 aromatic heterocycles. The molecule has 26 heavy (non-hydrogen) atoms. The summed E-state index contributed by atoms with van der Waals surface area (Å²) < 4.78 is 5.27. The zero-order chi connectivity index (χ0) is 18.5. The van der Waals surface area contributed by atoms with Crippen LogP contribution in [0.2, 0.25) is 0 Å². The summed E-state index contributed by atoms with van der Waals surface area (Å²) in [4.78, 5) is 38.5. The highest BCUT2D eigenvalue weighted by molar-refractivity contribution is 6.04. The van der Waals surface area contributed by atoms with Gasteiger partial charge in [-0.2, -0.15) is 0 Å². The molecular weight excluding hydrogens is 336 g/mol. The number of carboxylic acid groups (broad SMARTS) is 1. The molecule has 7 heteroatoms. The minimum atomic E-state index is -1.18. The number of para-hydroxylation sites is 1. The van der Waals surface area contributed by atoms with Crippen LogP contribution in [0.3, 0.4) is 0 Å². The molecule has 1 saturated heterocycles. The first-order valence-electron chi connectivity index (χ1n) is 9.05. The van der Waals surface area contributed by atoms with E-state index in [1.807, 2.05) is 0 Å². The van der Waals surface area contributed by atoms with Crippen LogP contribution in [-0.2, 0) is 14.3 Å². The van der Waals surface area contributed by atoms with Gasteiger partial charge in [-0.15, -0.1) is 0 Å². The lowest BCUT2D eigenvalue weighted by atomic mass is 9.78. The van der Waals surface area contributed by atoms with Crippen LogP contribution in [0.1, 0.15) is 36.0 Å². The quantitative estimate of drug-likeness (QED) is 0.851. The predicted molar refractivity (Wildman–Crippen MR) is 92.2 cm³/mol. The van der Waals surface area contributed by atoms with Gasteiger partial charge in [-0.1, -0.05) is 25.0 Å². The van der Waals surface area contributed by atoms with E-state index >= 15 is 0 Å². The van der Waals surface area contributed by atoms with Crippen molar-refractivity contribution in [2.75, 3.05) is 31.6 Å². The van der Waals surface area contributed by atoms with Gasteiger partial charge in [0.25, 0.3) is 5.91 Å². The van der Waals surface area contributed by atoms with Crippen LogP contribution in [-0.4, -0.2) is 49.0 Å². The number of amides is 2. The average molecular weight is 359 g/mol. The van der Waals surface area contributed by atoms with Gasteiger partial charge in [0.05, 0.1) is 24.5 Å². The number of carboxylic acids is 1. The highest BCUT2D eigenvalue weighted by Gasteiger charge is 2.32. The molecule has 2 amide bonds. The Kier molecular flexibility index (Phi) is 5.88. The highest BCUT2D eigenvalue weighted by atomic mass is 16.5. The Bertz CT molecular complexity index is 684. The van der Waals surface area contributed by atoms with Crippen LogP contribution in [0.15, 0.2) is 24.3 Å². The molecule has 3 rings (SSSR count). The van der Waals surface area contributed by atoms with Crippen molar-refractivity contribution < 1.29 is 24.2 Å². The lowest BCUT2D eigenvalue weighted by Crippen LogP contribution is -2.43. The van der Waals surface area contributed by atoms with Crippen LogP contribution in [0, 0.1) is 11.8 Å². The molecule has 7 nitrogen and oxygen atoms in total. The van der Waals surface area contributed by atoms with Crippen molar-refractivity contribution in [3.63, 3.8) is 0 Å². The Morgan fingerprint density at radius 1 is 1.04 bits per heavy atom. The Balaban J connectivity index is 1.76. The summed E-state index contributed by atoms with van der Waals surface area (Å²) in [6, 6.07) is 6.82. The first-order chi connectivity index (χ1) is 12.6. The highest BCUT2D eigenvalue weighted by Crippen LogP contribution is 2.31. The minimum Gasteiger partial charge on any atom is -0.550 e. The Morgan fingerprint density at radius 3 is 2.38 bits per heavy atom. The number of ether oxygens (including phenoxy) is 1. The van der Waals surface area contributed by atoms with Crippen LogP contribution >= 0.6 is 0 Å². The summed E-state index contributed by atoms with van der Waals surface area (Å²) in [6.45, 7) is 2.01. The van der Waals surface area contributed by atoms with Crippen molar-refractivity contribution in [3.05, 3.63) is 29.8 Å². The van der Waals surface area contributed by atoms with E-state index in [9.17, 15) is 19.5 Å². The second kappa shape index (κ2) is 8.31. The molecule has 140 valence electrons. The largest absolute Gasteiger partial charge is 0.550 e. The maximum absolute atomic E-state index is 12.8. The summed E-state index contributed by atoms with van der Waals surface area (Å²) in [5.74, 6) is -3.10. The van der Waals surface area contributed by atoms with Gasteiger partial charge in [-0.05, 0) is 25.0 Å². The van der Waals surface area contributed by atoms with Crippen molar-refractivity contribution in [2.24, 2.45) is 11.8 Å². The van der Waals surface area contributed by atoms with Gasteiger partial charge < -0.3 is 24.9 Å². The van der Waals surface area contributed by atoms with Gasteiger partial charge in [0, 0.05) is 30.9 Å². The zero-order valence-corrected chi connectivity index (χ0v) is 14.6. The van der Waals surface area contributed by atoms with Crippen LogP contribution in [0.25, 0.3) is 0 Å². The predicted octanol–water partition coefficient (Wildman–Crippen LogP) is 0.654. The summed E-state index contributed by atoms with van der Waals surface area (Å²) in [7, 11) is 0. The van der Waals surface area contributed by atoms with Gasteiger partial charge in [-0.3, -0.25) is 9.59 Å². The van der Waals surface area contributed by atoms with Crippen molar-refractivity contribution in [2.45, 2.75) is 25.7 Å². The van der Waals surface area contributed by atoms with Crippen LogP contribution < -0.4 is 10.4 Å². The summed E-state index contributed by atoms with van der Waals surface area (Å²) >= 11 is 0. The number of carbonyl (C=O) groups excluding carboxylic acids is 3. The molecule has 1 N–H and O–H groups in total. The molecular formula is C19H23N2O5-. The van der Waals surface area contributed by atoms with E-state index in [4.69, 9.17) is 4.74 Å². The number of benzene rings is 1. The molecule has 0 radical (unpaired) electrons. The topological polar surface area (TPSA) is 98.8 Å². The molecule has 2 aliphatic rings. The number of carbonyl (C=O) groups is 3. The van der Waals surface area contributed by atoms with Crippen molar-refractivity contribution in [3.8, 4) is 0 Å². The standard InChI is InChI=1S/C19H24N2O5/c22-17(13-5-1-2-6-14(13)19(24)25)20-16-8-4-3-7-15(16)18(23)21-9-11-26-12-10-21/h3-4,7-8,13-14H,1-2,5-6,9-12H2,(H,20,22)(H,24,25)/p-1/t13-,14+/m0/s1. The summed E-state index contributed by atoms with van der Waals surface area (Å²) in [6.07, 6.45) is 2.57. The van der Waals surface area contributed by atoms with E-state index in [0.29, 0.717) is 50.4 Å². The lowest BCUT2D eigenvalue weighted by Gasteiger charge is -2.31. The lowest BCUT2D eigenvalue weighted by molar-refractivity contribution is -0.313. The number of aliphatic carboxylic acids is 1. The third-order valence-electron chi connectivity index (χ3n) is 5.12. The fraction of sp³-hybridized carbons (Fsp3) is 0.526. The molecule has 1 aromatic rings. The van der Waals surface area contributed by atoms with Crippen molar-refractivity contribution in [1.82, 2.24) is 4.90 Å². The molecule has 1 aliphatic carbocycles. The second-order valence-electron chi connectivity index (χ2n) is 6.76. The summed E-state index contributed by atoms with van der Waals surface area (Å²) in [5, 5.41) is 14.1. The fourth-order valence-corrected chi connectivity index (χ4v) is 3.67. The van der Waals surface area contributed by atoms with E-state index in [2.05, 4.69) is 5.32 Å². The minimum absolute atomic E-state index is 0.163. The van der Waals surface area contributed by atoms with E-state index in [1.165, 1.54) is 0 Å². The number of anilines is 1. The molecule has 1 aromatic carbocycles. The van der Waals surface area contributed by atoms with Gasteiger partial charge in [0.15, 0.2) is 0 Å². The van der Waals surface area contributed by atoms with E-state index < -0.39 is 17.8 Å². The fourth-order valence-electron chi connectivity index (χ4n) is 3.67. The number of hydrogen-bond acceptors (Lipinski definition) is 5. The number of hydrogen-bond donors (Lipinski definition) is 1. The number of nitrogens with zero attached hydrogens (tertiary/aromatic N) is 1. The number of rotatable bonds is 4. The number of nitrogens with one attached hydrogen (secondary N) is 1. The maximum atomic E-state index is 12.8. The summed E-state index contributed by atoms with van der Waals surface area (Å²) in [5.41, 5.74) is 0.820. The van der Waals surface area contributed by atoms with Gasteiger partial charge in [-0.25, -0.2) is 0 Å². The second-order valence-corrected chi connectivity index (χ2v) is 6.76. The Labute approximate surface area is 152 Å². The van der Waals surface area contributed by atoms with E-state index in [0.717, 1.165) is 12.8 Å². The molecule has 1 aliphatic heterocycles.